The van der Waals surface area contributed by atoms with E-state index in [4.69, 9.17) is 21.1 Å². The molecule has 7 heteroatoms. The topological polar surface area (TPSA) is 59.6 Å². The summed E-state index contributed by atoms with van der Waals surface area (Å²) in [4.78, 5) is 12.1. The zero-order chi connectivity index (χ0) is 18.4. The summed E-state index contributed by atoms with van der Waals surface area (Å²) in [6.07, 6.45) is 0.922. The van der Waals surface area contributed by atoms with Crippen LogP contribution in [0.4, 0.5) is 0 Å². The first-order valence-corrected chi connectivity index (χ1v) is 9.21. The van der Waals surface area contributed by atoms with Gasteiger partial charge in [0, 0.05) is 25.2 Å². The Hall–Kier alpha value is -1.95. The molecule has 0 aromatic heterocycles. The van der Waals surface area contributed by atoms with Gasteiger partial charge in [-0.25, -0.2) is 0 Å². The largest absolute Gasteiger partial charge is 0.486 e. The van der Waals surface area contributed by atoms with Gasteiger partial charge in [0.15, 0.2) is 11.5 Å². The van der Waals surface area contributed by atoms with E-state index in [0.717, 1.165) is 17.5 Å². The molecule has 0 saturated heterocycles. The zero-order valence-corrected chi connectivity index (χ0v) is 16.8. The molecule has 0 radical (unpaired) electrons. The third kappa shape index (κ3) is 5.76. The summed E-state index contributed by atoms with van der Waals surface area (Å²) < 4.78 is 11.1. The molecular weight excluding hydrogens is 387 g/mol. The van der Waals surface area contributed by atoms with Crippen molar-refractivity contribution in [3.63, 3.8) is 0 Å². The summed E-state index contributed by atoms with van der Waals surface area (Å²) >= 11 is 6.26. The van der Waals surface area contributed by atoms with E-state index in [0.29, 0.717) is 54.9 Å². The molecule has 2 N–H and O–H groups in total. The van der Waals surface area contributed by atoms with Crippen LogP contribution < -0.4 is 20.1 Å². The van der Waals surface area contributed by atoms with Gasteiger partial charge in [0.25, 0.3) is 5.91 Å². The molecule has 27 heavy (non-hydrogen) atoms. The third-order valence-electron chi connectivity index (χ3n) is 4.04. The number of fused-ring (bicyclic) bond motifs is 1. The maximum absolute atomic E-state index is 12.1. The number of nitrogens with one attached hydrogen (secondary N) is 2. The molecule has 0 spiro atoms. The Morgan fingerprint density at radius 2 is 1.89 bits per heavy atom. The second-order valence-corrected chi connectivity index (χ2v) is 6.57. The van der Waals surface area contributed by atoms with Gasteiger partial charge in [-0.05, 0) is 41.8 Å². The molecule has 0 saturated carbocycles. The molecule has 1 aliphatic rings. The van der Waals surface area contributed by atoms with Crippen LogP contribution in [0.15, 0.2) is 36.4 Å². The lowest BCUT2D eigenvalue weighted by molar-refractivity contribution is 0.0953. The molecule has 0 fully saturated rings. The Morgan fingerprint density at radius 1 is 1.11 bits per heavy atom. The quantitative estimate of drug-likeness (QED) is 0.724. The minimum atomic E-state index is -0.0349. The molecule has 146 valence electrons. The van der Waals surface area contributed by atoms with Gasteiger partial charge in [-0.3, -0.25) is 4.79 Å². The van der Waals surface area contributed by atoms with Gasteiger partial charge in [-0.1, -0.05) is 30.7 Å². The molecule has 0 unspecified atom stereocenters. The van der Waals surface area contributed by atoms with Gasteiger partial charge in [0.1, 0.15) is 13.2 Å². The molecular formula is C20H24Cl2N2O3. The van der Waals surface area contributed by atoms with Gasteiger partial charge in [0.05, 0.1) is 5.02 Å². The lowest BCUT2D eigenvalue weighted by Gasteiger charge is -2.20. The summed E-state index contributed by atoms with van der Waals surface area (Å²) in [5.74, 6) is 1.27. The van der Waals surface area contributed by atoms with E-state index in [9.17, 15) is 4.79 Å². The number of ether oxygens (including phenoxy) is 2. The Bertz CT molecular complexity index is 784. The number of benzene rings is 2. The highest BCUT2D eigenvalue weighted by atomic mass is 35.5. The highest BCUT2D eigenvalue weighted by Crippen LogP contribution is 2.38. The third-order valence-corrected chi connectivity index (χ3v) is 4.32. The van der Waals surface area contributed by atoms with Crippen LogP contribution in [0.5, 0.6) is 11.5 Å². The predicted molar refractivity (Wildman–Crippen MR) is 109 cm³/mol. The molecule has 1 amide bonds. The molecule has 1 heterocycles. The fourth-order valence-corrected chi connectivity index (χ4v) is 3.07. The van der Waals surface area contributed by atoms with Crippen LogP contribution >= 0.6 is 24.0 Å². The van der Waals surface area contributed by atoms with Crippen LogP contribution in [0.25, 0.3) is 0 Å². The maximum atomic E-state index is 12.1. The van der Waals surface area contributed by atoms with Crippen molar-refractivity contribution in [2.75, 3.05) is 19.8 Å². The van der Waals surface area contributed by atoms with Crippen molar-refractivity contribution >= 4 is 29.9 Å². The number of amides is 1. The zero-order valence-electron chi connectivity index (χ0n) is 15.2. The monoisotopic (exact) mass is 410 g/mol. The minimum absolute atomic E-state index is 0. The van der Waals surface area contributed by atoms with E-state index < -0.39 is 0 Å². The van der Waals surface area contributed by atoms with E-state index in [1.807, 2.05) is 43.3 Å². The van der Waals surface area contributed by atoms with Crippen molar-refractivity contribution < 1.29 is 14.3 Å². The minimum Gasteiger partial charge on any atom is -0.486 e. The standard InChI is InChI=1S/C20H23ClN2O3.ClH/c1-2-6-23-20(24)16-5-3-4-14(9-16)12-22-13-15-10-17(21)19-18(11-15)25-7-8-26-19;/h3-5,9-11,22H,2,6-8,12-13H2,1H3,(H,23,24);1H. The average Bonchev–Trinajstić information content (AvgIpc) is 2.66. The Labute approximate surface area is 170 Å². The highest BCUT2D eigenvalue weighted by Gasteiger charge is 2.16. The van der Waals surface area contributed by atoms with Crippen LogP contribution in [0.2, 0.25) is 5.02 Å². The van der Waals surface area contributed by atoms with Crippen LogP contribution in [0, 0.1) is 0 Å². The molecule has 1 aliphatic heterocycles. The number of halogens is 2. The fourth-order valence-electron chi connectivity index (χ4n) is 2.78. The highest BCUT2D eigenvalue weighted by molar-refractivity contribution is 6.32. The SMILES string of the molecule is CCCNC(=O)c1cccc(CNCc2cc(Cl)c3c(c2)OCCO3)c1.Cl. The first-order valence-electron chi connectivity index (χ1n) is 8.83. The first-order chi connectivity index (χ1) is 12.7. The number of rotatable bonds is 7. The molecule has 5 nitrogen and oxygen atoms in total. The van der Waals surface area contributed by atoms with Gasteiger partial charge in [-0.2, -0.15) is 0 Å². The Kier molecular flexibility index (Phi) is 8.23. The van der Waals surface area contributed by atoms with Crippen molar-refractivity contribution in [1.82, 2.24) is 10.6 Å². The summed E-state index contributed by atoms with van der Waals surface area (Å²) in [5.41, 5.74) is 2.76. The number of carbonyl (C=O) groups is 1. The van der Waals surface area contributed by atoms with Crippen LogP contribution in [0.1, 0.15) is 34.8 Å². The van der Waals surface area contributed by atoms with E-state index in [1.54, 1.807) is 0 Å². The van der Waals surface area contributed by atoms with E-state index in [1.165, 1.54) is 0 Å². The summed E-state index contributed by atoms with van der Waals surface area (Å²) in [7, 11) is 0. The van der Waals surface area contributed by atoms with Gasteiger partial charge in [-0.15, -0.1) is 12.4 Å². The molecule has 2 aromatic carbocycles. The van der Waals surface area contributed by atoms with Crippen LogP contribution in [-0.4, -0.2) is 25.7 Å². The molecule has 2 aromatic rings. The lowest BCUT2D eigenvalue weighted by atomic mass is 10.1. The van der Waals surface area contributed by atoms with Crippen molar-refractivity contribution in [1.29, 1.82) is 0 Å². The second-order valence-electron chi connectivity index (χ2n) is 6.16. The predicted octanol–water partition coefficient (Wildman–Crippen LogP) is 3.96. The van der Waals surface area contributed by atoms with Gasteiger partial charge in [0.2, 0.25) is 0 Å². The van der Waals surface area contributed by atoms with Crippen molar-refractivity contribution in [2.24, 2.45) is 0 Å². The summed E-state index contributed by atoms with van der Waals surface area (Å²) in [6.45, 7) is 5.07. The lowest BCUT2D eigenvalue weighted by Crippen LogP contribution is -2.24. The number of hydrogen-bond donors (Lipinski definition) is 2. The van der Waals surface area contributed by atoms with Crippen molar-refractivity contribution in [3.05, 3.63) is 58.1 Å². The average molecular weight is 411 g/mol. The second kappa shape index (κ2) is 10.4. The molecule has 0 bridgehead atoms. The van der Waals surface area contributed by atoms with Gasteiger partial charge < -0.3 is 20.1 Å². The van der Waals surface area contributed by atoms with Gasteiger partial charge >= 0.3 is 0 Å². The molecule has 3 rings (SSSR count). The summed E-state index contributed by atoms with van der Waals surface area (Å²) in [5, 5.41) is 6.83. The maximum Gasteiger partial charge on any atom is 0.251 e. The molecule has 0 aliphatic carbocycles. The fraction of sp³-hybridized carbons (Fsp3) is 0.350. The van der Waals surface area contributed by atoms with Crippen molar-refractivity contribution in [3.8, 4) is 11.5 Å². The first kappa shape index (κ1) is 21.4. The smallest absolute Gasteiger partial charge is 0.251 e. The Balaban J connectivity index is 0.00000261. The van der Waals surface area contributed by atoms with Crippen molar-refractivity contribution in [2.45, 2.75) is 26.4 Å². The van der Waals surface area contributed by atoms with E-state index in [-0.39, 0.29) is 18.3 Å². The van der Waals surface area contributed by atoms with Crippen LogP contribution in [0.3, 0.4) is 0 Å². The number of hydrogen-bond acceptors (Lipinski definition) is 4. The van der Waals surface area contributed by atoms with E-state index in [2.05, 4.69) is 10.6 Å². The summed E-state index contributed by atoms with van der Waals surface area (Å²) in [6, 6.07) is 11.5. The number of carbonyl (C=O) groups excluding carboxylic acids is 1. The molecule has 0 atom stereocenters. The van der Waals surface area contributed by atoms with E-state index >= 15 is 0 Å². The van der Waals surface area contributed by atoms with Crippen LogP contribution in [-0.2, 0) is 13.1 Å². The normalized spacial score (nSPS) is 12.2. The Morgan fingerprint density at radius 3 is 2.70 bits per heavy atom.